The Balaban J connectivity index is 1.71. The molecule has 0 spiro atoms. The second-order valence-corrected chi connectivity index (χ2v) is 6.39. The summed E-state index contributed by atoms with van der Waals surface area (Å²) in [5.74, 6) is 1.05. The van der Waals surface area contributed by atoms with Crippen LogP contribution in [-0.2, 0) is 9.59 Å². The van der Waals surface area contributed by atoms with Gasteiger partial charge in [-0.25, -0.2) is 0 Å². The molecule has 0 radical (unpaired) electrons. The molecule has 2 saturated heterocycles. The highest BCUT2D eigenvalue weighted by Gasteiger charge is 2.25. The van der Waals surface area contributed by atoms with Crippen LogP contribution >= 0.6 is 0 Å². The molecule has 21 heavy (non-hydrogen) atoms. The summed E-state index contributed by atoms with van der Waals surface area (Å²) in [6.45, 7) is 5.70. The van der Waals surface area contributed by atoms with Crippen molar-refractivity contribution in [3.63, 3.8) is 0 Å². The first-order chi connectivity index (χ1) is 10.2. The van der Waals surface area contributed by atoms with Gasteiger partial charge in [0, 0.05) is 32.0 Å². The van der Waals surface area contributed by atoms with Gasteiger partial charge in [-0.2, -0.15) is 0 Å². The van der Waals surface area contributed by atoms with Gasteiger partial charge in [0.25, 0.3) is 0 Å². The molecule has 0 bridgehead atoms. The Hall–Kier alpha value is -1.10. The van der Waals surface area contributed by atoms with Crippen LogP contribution < -0.4 is 10.6 Å². The summed E-state index contributed by atoms with van der Waals surface area (Å²) in [6, 6.07) is 0.148. The average Bonchev–Trinajstić information content (AvgIpc) is 2.98. The number of nitrogens with zero attached hydrogens (tertiary/aromatic N) is 1. The van der Waals surface area contributed by atoms with E-state index in [-0.39, 0.29) is 17.9 Å². The lowest BCUT2D eigenvalue weighted by molar-refractivity contribution is -0.134. The third-order valence-electron chi connectivity index (χ3n) is 4.55. The lowest BCUT2D eigenvalue weighted by atomic mass is 10.0. The second kappa shape index (κ2) is 8.37. The number of hydrogen-bond donors (Lipinski definition) is 2. The van der Waals surface area contributed by atoms with Crippen molar-refractivity contribution < 1.29 is 9.59 Å². The van der Waals surface area contributed by atoms with Gasteiger partial charge in [-0.05, 0) is 51.1 Å². The van der Waals surface area contributed by atoms with Crippen molar-refractivity contribution in [1.29, 1.82) is 0 Å². The average molecular weight is 295 g/mol. The molecule has 5 nitrogen and oxygen atoms in total. The van der Waals surface area contributed by atoms with Crippen molar-refractivity contribution >= 4 is 11.8 Å². The SMILES string of the molecule is CCCC(=O)NC1CCCN(C(=O)CCC2CCNC2)C1. The van der Waals surface area contributed by atoms with Gasteiger partial charge in [0.2, 0.25) is 11.8 Å². The monoisotopic (exact) mass is 295 g/mol. The van der Waals surface area contributed by atoms with Crippen molar-refractivity contribution in [3.8, 4) is 0 Å². The summed E-state index contributed by atoms with van der Waals surface area (Å²) < 4.78 is 0. The van der Waals surface area contributed by atoms with Crippen LogP contribution in [0.5, 0.6) is 0 Å². The lowest BCUT2D eigenvalue weighted by Gasteiger charge is -2.33. The molecule has 2 amide bonds. The molecule has 2 heterocycles. The van der Waals surface area contributed by atoms with Crippen molar-refractivity contribution in [1.82, 2.24) is 15.5 Å². The van der Waals surface area contributed by atoms with Gasteiger partial charge >= 0.3 is 0 Å². The van der Waals surface area contributed by atoms with Gasteiger partial charge in [0.15, 0.2) is 0 Å². The topological polar surface area (TPSA) is 61.4 Å². The van der Waals surface area contributed by atoms with E-state index in [2.05, 4.69) is 10.6 Å². The van der Waals surface area contributed by atoms with E-state index in [1.807, 2.05) is 11.8 Å². The minimum absolute atomic E-state index is 0.119. The van der Waals surface area contributed by atoms with Crippen LogP contribution in [0.25, 0.3) is 0 Å². The van der Waals surface area contributed by atoms with Gasteiger partial charge in [0.05, 0.1) is 0 Å². The summed E-state index contributed by atoms with van der Waals surface area (Å²) in [6.07, 6.45) is 6.29. The van der Waals surface area contributed by atoms with Crippen molar-refractivity contribution in [2.75, 3.05) is 26.2 Å². The molecule has 2 unspecified atom stereocenters. The van der Waals surface area contributed by atoms with Gasteiger partial charge < -0.3 is 15.5 Å². The first-order valence-corrected chi connectivity index (χ1v) is 8.47. The molecule has 2 fully saturated rings. The molecule has 2 aliphatic rings. The molecule has 2 aliphatic heterocycles. The third kappa shape index (κ3) is 5.30. The first kappa shape index (κ1) is 16.3. The molecule has 2 N–H and O–H groups in total. The van der Waals surface area contributed by atoms with E-state index in [0.717, 1.165) is 45.3 Å². The van der Waals surface area contributed by atoms with Crippen molar-refractivity contribution in [2.24, 2.45) is 5.92 Å². The van der Waals surface area contributed by atoms with Crippen molar-refractivity contribution in [2.45, 2.75) is 57.9 Å². The predicted molar refractivity (Wildman–Crippen MR) is 82.9 cm³/mol. The summed E-state index contributed by atoms with van der Waals surface area (Å²) >= 11 is 0. The van der Waals surface area contributed by atoms with Crippen LogP contribution in [0.4, 0.5) is 0 Å². The van der Waals surface area contributed by atoms with Crippen molar-refractivity contribution in [3.05, 3.63) is 0 Å². The summed E-state index contributed by atoms with van der Waals surface area (Å²) in [5, 5.41) is 6.40. The molecule has 2 atom stereocenters. The zero-order valence-corrected chi connectivity index (χ0v) is 13.2. The molecule has 0 aromatic heterocycles. The maximum absolute atomic E-state index is 12.3. The number of piperidine rings is 1. The Labute approximate surface area is 127 Å². The van der Waals surface area contributed by atoms with Crippen LogP contribution in [-0.4, -0.2) is 48.9 Å². The fourth-order valence-electron chi connectivity index (χ4n) is 3.29. The third-order valence-corrected chi connectivity index (χ3v) is 4.55. The van der Waals surface area contributed by atoms with Crippen LogP contribution in [0, 0.1) is 5.92 Å². The van der Waals surface area contributed by atoms with E-state index < -0.39 is 0 Å². The van der Waals surface area contributed by atoms with E-state index in [1.165, 1.54) is 6.42 Å². The number of amides is 2. The Morgan fingerprint density at radius 2 is 2.14 bits per heavy atom. The van der Waals surface area contributed by atoms with Crippen LogP contribution in [0.15, 0.2) is 0 Å². The maximum Gasteiger partial charge on any atom is 0.222 e. The highest BCUT2D eigenvalue weighted by Crippen LogP contribution is 2.17. The van der Waals surface area contributed by atoms with E-state index in [9.17, 15) is 9.59 Å². The number of carbonyl (C=O) groups is 2. The molecule has 120 valence electrons. The Morgan fingerprint density at radius 3 is 2.86 bits per heavy atom. The molecule has 0 saturated carbocycles. The van der Waals surface area contributed by atoms with Crippen LogP contribution in [0.2, 0.25) is 0 Å². The highest BCUT2D eigenvalue weighted by atomic mass is 16.2. The minimum atomic E-state index is 0.119. The second-order valence-electron chi connectivity index (χ2n) is 6.39. The van der Waals surface area contributed by atoms with Gasteiger partial charge in [-0.15, -0.1) is 0 Å². The highest BCUT2D eigenvalue weighted by molar-refractivity contribution is 5.77. The van der Waals surface area contributed by atoms with E-state index in [1.54, 1.807) is 0 Å². The molecular weight excluding hydrogens is 266 g/mol. The molecule has 0 aliphatic carbocycles. The van der Waals surface area contributed by atoms with Crippen LogP contribution in [0.3, 0.4) is 0 Å². The summed E-state index contributed by atoms with van der Waals surface area (Å²) in [5.41, 5.74) is 0. The molecule has 2 rings (SSSR count). The van der Waals surface area contributed by atoms with Gasteiger partial charge in [-0.1, -0.05) is 6.92 Å². The fourth-order valence-corrected chi connectivity index (χ4v) is 3.29. The zero-order valence-electron chi connectivity index (χ0n) is 13.2. The Kier molecular flexibility index (Phi) is 6.49. The largest absolute Gasteiger partial charge is 0.352 e. The Morgan fingerprint density at radius 1 is 1.29 bits per heavy atom. The van der Waals surface area contributed by atoms with E-state index >= 15 is 0 Å². The number of carbonyl (C=O) groups excluding carboxylic acids is 2. The molecule has 5 heteroatoms. The summed E-state index contributed by atoms with van der Waals surface area (Å²) in [7, 11) is 0. The molecular formula is C16H29N3O2. The number of nitrogens with one attached hydrogen (secondary N) is 2. The number of rotatable bonds is 6. The predicted octanol–water partition coefficient (Wildman–Crippen LogP) is 1.28. The zero-order chi connectivity index (χ0) is 15.1. The first-order valence-electron chi connectivity index (χ1n) is 8.47. The van der Waals surface area contributed by atoms with Gasteiger partial charge in [0.1, 0.15) is 0 Å². The Bertz CT molecular complexity index is 353. The normalized spacial score (nSPS) is 25.9. The minimum Gasteiger partial charge on any atom is -0.352 e. The quantitative estimate of drug-likeness (QED) is 0.776. The standard InChI is InChI=1S/C16H29N3O2/c1-2-4-15(20)18-14-5-3-10-19(12-14)16(21)7-6-13-8-9-17-11-13/h13-14,17H,2-12H2,1H3,(H,18,20). The lowest BCUT2D eigenvalue weighted by Crippen LogP contribution is -2.49. The maximum atomic E-state index is 12.3. The van der Waals surface area contributed by atoms with Gasteiger partial charge in [-0.3, -0.25) is 9.59 Å². The molecule has 0 aromatic rings. The smallest absolute Gasteiger partial charge is 0.222 e. The number of hydrogen-bond acceptors (Lipinski definition) is 3. The summed E-state index contributed by atoms with van der Waals surface area (Å²) in [4.78, 5) is 25.9. The van der Waals surface area contributed by atoms with E-state index in [4.69, 9.17) is 0 Å². The number of likely N-dealkylation sites (tertiary alicyclic amines) is 1. The van der Waals surface area contributed by atoms with E-state index in [0.29, 0.717) is 25.3 Å². The fraction of sp³-hybridized carbons (Fsp3) is 0.875. The van der Waals surface area contributed by atoms with Crippen LogP contribution in [0.1, 0.15) is 51.9 Å². The molecule has 0 aromatic carbocycles.